The molecule has 2 aromatic heterocycles. The van der Waals surface area contributed by atoms with E-state index in [1.807, 2.05) is 43.3 Å². The highest BCUT2D eigenvalue weighted by Gasteiger charge is 2.06. The summed E-state index contributed by atoms with van der Waals surface area (Å²) in [6, 6.07) is 11.8. The number of benzene rings is 1. The van der Waals surface area contributed by atoms with Gasteiger partial charge >= 0.3 is 0 Å². The first-order valence-electron chi connectivity index (χ1n) is 6.43. The number of halogens is 1. The number of fused-ring (bicyclic) bond motifs is 1. The van der Waals surface area contributed by atoms with Gasteiger partial charge in [0.2, 0.25) is 0 Å². The Bertz CT molecular complexity index is 756. The van der Waals surface area contributed by atoms with E-state index in [4.69, 9.17) is 11.6 Å². The van der Waals surface area contributed by atoms with Crippen LogP contribution in [0.2, 0.25) is 5.02 Å². The molecule has 3 rings (SSSR count). The van der Waals surface area contributed by atoms with Gasteiger partial charge in [0.15, 0.2) is 0 Å². The molecule has 0 saturated carbocycles. The third-order valence-corrected chi connectivity index (χ3v) is 3.61. The fourth-order valence-corrected chi connectivity index (χ4v) is 2.42. The lowest BCUT2D eigenvalue weighted by atomic mass is 10.1. The molecule has 0 saturated heterocycles. The zero-order valence-electron chi connectivity index (χ0n) is 11.1. The normalized spacial score (nSPS) is 10.7. The lowest BCUT2D eigenvalue weighted by Gasteiger charge is -2.11. The summed E-state index contributed by atoms with van der Waals surface area (Å²) in [7, 11) is 0. The van der Waals surface area contributed by atoms with Gasteiger partial charge in [-0.15, -0.1) is 0 Å². The van der Waals surface area contributed by atoms with Crippen molar-refractivity contribution in [2.24, 2.45) is 0 Å². The molecule has 0 spiro atoms. The molecule has 0 unspecified atom stereocenters. The van der Waals surface area contributed by atoms with E-state index in [1.165, 1.54) is 0 Å². The maximum Gasteiger partial charge on any atom is 0.0766 e. The van der Waals surface area contributed by atoms with E-state index in [-0.39, 0.29) is 0 Å². The highest BCUT2D eigenvalue weighted by Crippen LogP contribution is 2.25. The Balaban J connectivity index is 1.92. The SMILES string of the molecule is Cc1ncccc1NCc1ccc(Cl)c2cccnc12. The molecule has 4 heteroatoms. The van der Waals surface area contributed by atoms with Gasteiger partial charge in [-0.1, -0.05) is 17.7 Å². The van der Waals surface area contributed by atoms with Crippen LogP contribution in [-0.4, -0.2) is 9.97 Å². The van der Waals surface area contributed by atoms with Gasteiger partial charge in [-0.25, -0.2) is 0 Å². The fourth-order valence-electron chi connectivity index (χ4n) is 2.20. The number of aromatic nitrogens is 2. The van der Waals surface area contributed by atoms with Crippen LogP contribution in [0, 0.1) is 6.92 Å². The molecule has 0 amide bonds. The second-order valence-corrected chi connectivity index (χ2v) is 5.00. The van der Waals surface area contributed by atoms with Gasteiger partial charge in [-0.05, 0) is 42.8 Å². The third-order valence-electron chi connectivity index (χ3n) is 3.28. The summed E-state index contributed by atoms with van der Waals surface area (Å²) >= 11 is 6.20. The molecule has 0 radical (unpaired) electrons. The highest BCUT2D eigenvalue weighted by molar-refractivity contribution is 6.35. The van der Waals surface area contributed by atoms with Crippen LogP contribution in [0.25, 0.3) is 10.9 Å². The first-order valence-corrected chi connectivity index (χ1v) is 6.81. The second-order valence-electron chi connectivity index (χ2n) is 4.60. The Hall–Kier alpha value is -2.13. The molecule has 1 aromatic carbocycles. The van der Waals surface area contributed by atoms with E-state index < -0.39 is 0 Å². The van der Waals surface area contributed by atoms with Gasteiger partial charge in [0.05, 0.1) is 16.9 Å². The van der Waals surface area contributed by atoms with Crippen molar-refractivity contribution in [1.29, 1.82) is 0 Å². The molecule has 3 nitrogen and oxygen atoms in total. The first-order chi connectivity index (χ1) is 9.75. The van der Waals surface area contributed by atoms with Crippen LogP contribution in [0.3, 0.4) is 0 Å². The minimum absolute atomic E-state index is 0.692. The number of aryl methyl sites for hydroxylation is 1. The predicted molar refractivity (Wildman–Crippen MR) is 83.1 cm³/mol. The van der Waals surface area contributed by atoms with Crippen molar-refractivity contribution in [2.45, 2.75) is 13.5 Å². The summed E-state index contributed by atoms with van der Waals surface area (Å²) in [5.41, 5.74) is 4.08. The van der Waals surface area contributed by atoms with Crippen molar-refractivity contribution in [2.75, 3.05) is 5.32 Å². The van der Waals surface area contributed by atoms with Gasteiger partial charge < -0.3 is 5.32 Å². The van der Waals surface area contributed by atoms with E-state index in [0.29, 0.717) is 6.54 Å². The number of pyridine rings is 2. The lowest BCUT2D eigenvalue weighted by Crippen LogP contribution is -2.03. The fraction of sp³-hybridized carbons (Fsp3) is 0.125. The number of anilines is 1. The molecule has 1 N–H and O–H groups in total. The Morgan fingerprint density at radius 2 is 1.85 bits per heavy atom. The summed E-state index contributed by atoms with van der Waals surface area (Å²) in [6.45, 7) is 2.68. The molecule has 3 aromatic rings. The van der Waals surface area contributed by atoms with E-state index >= 15 is 0 Å². The number of nitrogens with one attached hydrogen (secondary N) is 1. The topological polar surface area (TPSA) is 37.8 Å². The molecule has 0 aliphatic rings. The highest BCUT2D eigenvalue weighted by atomic mass is 35.5. The summed E-state index contributed by atoms with van der Waals surface area (Å²) < 4.78 is 0. The molecule has 0 aliphatic carbocycles. The zero-order chi connectivity index (χ0) is 13.9. The van der Waals surface area contributed by atoms with Crippen molar-refractivity contribution in [3.05, 3.63) is 65.1 Å². The molecule has 100 valence electrons. The molecule has 0 aliphatic heterocycles. The van der Waals surface area contributed by atoms with Gasteiger partial charge in [0, 0.05) is 29.3 Å². The minimum atomic E-state index is 0.692. The summed E-state index contributed by atoms with van der Waals surface area (Å²) in [5, 5.41) is 5.11. The van der Waals surface area contributed by atoms with E-state index in [0.717, 1.165) is 32.9 Å². The lowest BCUT2D eigenvalue weighted by molar-refractivity contribution is 1.11. The average molecular weight is 284 g/mol. The standard InChI is InChI=1S/C16H14ClN3/c1-11-15(5-3-8-18-11)20-10-12-6-7-14(17)13-4-2-9-19-16(12)13/h2-9,20H,10H2,1H3. The number of rotatable bonds is 3. The van der Waals surface area contributed by atoms with Crippen LogP contribution in [0.4, 0.5) is 5.69 Å². The Morgan fingerprint density at radius 1 is 1.05 bits per heavy atom. The molecule has 0 bridgehead atoms. The van der Waals surface area contributed by atoms with Gasteiger partial charge in [0.25, 0.3) is 0 Å². The second kappa shape index (κ2) is 5.47. The van der Waals surface area contributed by atoms with Crippen LogP contribution in [-0.2, 0) is 6.54 Å². The van der Waals surface area contributed by atoms with E-state index in [1.54, 1.807) is 12.4 Å². The number of hydrogen-bond acceptors (Lipinski definition) is 3. The van der Waals surface area contributed by atoms with Crippen LogP contribution in [0.1, 0.15) is 11.3 Å². The number of hydrogen-bond donors (Lipinski definition) is 1. The van der Waals surface area contributed by atoms with Crippen molar-refractivity contribution < 1.29 is 0 Å². The minimum Gasteiger partial charge on any atom is -0.379 e. The predicted octanol–water partition coefficient (Wildman–Crippen LogP) is 4.20. The molecular formula is C16H14ClN3. The Morgan fingerprint density at radius 3 is 2.70 bits per heavy atom. The largest absolute Gasteiger partial charge is 0.379 e. The van der Waals surface area contributed by atoms with Crippen LogP contribution in [0.5, 0.6) is 0 Å². The summed E-state index contributed by atoms with van der Waals surface area (Å²) in [5.74, 6) is 0. The smallest absolute Gasteiger partial charge is 0.0766 e. The molecule has 0 fully saturated rings. The van der Waals surface area contributed by atoms with Crippen molar-refractivity contribution in [1.82, 2.24) is 9.97 Å². The van der Waals surface area contributed by atoms with Crippen molar-refractivity contribution in [3.63, 3.8) is 0 Å². The zero-order valence-corrected chi connectivity index (χ0v) is 11.9. The van der Waals surface area contributed by atoms with Gasteiger partial charge in [-0.3, -0.25) is 9.97 Å². The van der Waals surface area contributed by atoms with Crippen LogP contribution < -0.4 is 5.32 Å². The molecule has 20 heavy (non-hydrogen) atoms. The summed E-state index contributed by atoms with van der Waals surface area (Å²) in [4.78, 5) is 8.71. The van der Waals surface area contributed by atoms with Crippen LogP contribution >= 0.6 is 11.6 Å². The molecule has 2 heterocycles. The average Bonchev–Trinajstić information content (AvgIpc) is 2.48. The van der Waals surface area contributed by atoms with Gasteiger partial charge in [0.1, 0.15) is 0 Å². The van der Waals surface area contributed by atoms with Crippen LogP contribution in [0.15, 0.2) is 48.8 Å². The van der Waals surface area contributed by atoms with Crippen molar-refractivity contribution in [3.8, 4) is 0 Å². The maximum atomic E-state index is 6.20. The monoisotopic (exact) mass is 283 g/mol. The first kappa shape index (κ1) is 12.9. The Labute approximate surface area is 122 Å². The molecular weight excluding hydrogens is 270 g/mol. The molecule has 0 atom stereocenters. The Kier molecular flexibility index (Phi) is 3.52. The summed E-state index contributed by atoms with van der Waals surface area (Å²) in [6.07, 6.45) is 3.58. The van der Waals surface area contributed by atoms with Gasteiger partial charge in [-0.2, -0.15) is 0 Å². The van der Waals surface area contributed by atoms with Crippen molar-refractivity contribution >= 4 is 28.2 Å². The number of nitrogens with zero attached hydrogens (tertiary/aromatic N) is 2. The maximum absolute atomic E-state index is 6.20. The van der Waals surface area contributed by atoms with E-state index in [2.05, 4.69) is 15.3 Å². The van der Waals surface area contributed by atoms with E-state index in [9.17, 15) is 0 Å². The quantitative estimate of drug-likeness (QED) is 0.783. The third kappa shape index (κ3) is 2.45.